The summed E-state index contributed by atoms with van der Waals surface area (Å²) in [6.45, 7) is 6.60. The molecule has 0 spiro atoms. The first-order valence-electron chi connectivity index (χ1n) is 9.87. The van der Waals surface area contributed by atoms with E-state index in [0.717, 1.165) is 12.1 Å². The molecule has 2 aromatic rings. The van der Waals surface area contributed by atoms with Crippen molar-refractivity contribution in [2.75, 3.05) is 30.8 Å². The van der Waals surface area contributed by atoms with Crippen molar-refractivity contribution < 1.29 is 19.1 Å². The van der Waals surface area contributed by atoms with Gasteiger partial charge in [0.05, 0.1) is 18.9 Å². The van der Waals surface area contributed by atoms with Gasteiger partial charge in [0.2, 0.25) is 5.28 Å². The molecule has 9 nitrogen and oxygen atoms in total. The van der Waals surface area contributed by atoms with Crippen LogP contribution in [0.25, 0.3) is 0 Å². The van der Waals surface area contributed by atoms with Crippen molar-refractivity contribution in [2.45, 2.75) is 38.8 Å². The lowest BCUT2D eigenvalue weighted by atomic mass is 10.2. The lowest BCUT2D eigenvalue weighted by Crippen LogP contribution is -2.36. The molecule has 3 rings (SSSR count). The quantitative estimate of drug-likeness (QED) is 0.521. The SMILES string of the molecule is COC(=O)c1ccc(Nc2cnc(Cl)nc2N[C@H]2CCN(C(=O)OC(C)(C)C)C2)cc1. The molecule has 2 heterocycles. The Balaban J connectivity index is 1.68. The van der Waals surface area contributed by atoms with Gasteiger partial charge in [-0.25, -0.2) is 14.6 Å². The minimum atomic E-state index is -0.538. The molecule has 10 heteroatoms. The molecule has 0 radical (unpaired) electrons. The van der Waals surface area contributed by atoms with Gasteiger partial charge in [0.25, 0.3) is 0 Å². The lowest BCUT2D eigenvalue weighted by molar-refractivity contribution is 0.0293. The Morgan fingerprint density at radius 3 is 2.58 bits per heavy atom. The summed E-state index contributed by atoms with van der Waals surface area (Å²) in [5.74, 6) is 0.118. The highest BCUT2D eigenvalue weighted by Gasteiger charge is 2.30. The normalized spacial score (nSPS) is 16.0. The Morgan fingerprint density at radius 2 is 1.94 bits per heavy atom. The number of nitrogens with one attached hydrogen (secondary N) is 2. The maximum atomic E-state index is 12.3. The van der Waals surface area contributed by atoms with Crippen LogP contribution < -0.4 is 10.6 Å². The van der Waals surface area contributed by atoms with E-state index < -0.39 is 11.6 Å². The number of carbonyl (C=O) groups excluding carboxylic acids is 2. The highest BCUT2D eigenvalue weighted by molar-refractivity contribution is 6.28. The molecule has 0 aliphatic carbocycles. The maximum Gasteiger partial charge on any atom is 0.410 e. The van der Waals surface area contributed by atoms with Gasteiger partial charge in [-0.05, 0) is 63.1 Å². The van der Waals surface area contributed by atoms with E-state index in [1.807, 2.05) is 20.8 Å². The number of methoxy groups -OCH3 is 1. The number of halogens is 1. The molecule has 31 heavy (non-hydrogen) atoms. The van der Waals surface area contributed by atoms with E-state index in [-0.39, 0.29) is 17.4 Å². The Kier molecular flexibility index (Phi) is 6.84. The highest BCUT2D eigenvalue weighted by atomic mass is 35.5. The molecule has 0 unspecified atom stereocenters. The number of esters is 1. The molecule has 1 aromatic carbocycles. The average Bonchev–Trinajstić information content (AvgIpc) is 3.17. The predicted molar refractivity (Wildman–Crippen MR) is 118 cm³/mol. The van der Waals surface area contributed by atoms with Gasteiger partial charge >= 0.3 is 12.1 Å². The monoisotopic (exact) mass is 447 g/mol. The second kappa shape index (κ2) is 9.38. The third-order valence-corrected chi connectivity index (χ3v) is 4.71. The third kappa shape index (κ3) is 6.21. The Morgan fingerprint density at radius 1 is 1.23 bits per heavy atom. The van der Waals surface area contributed by atoms with Crippen molar-refractivity contribution in [3.05, 3.63) is 41.3 Å². The van der Waals surface area contributed by atoms with Crippen LogP contribution in [0.15, 0.2) is 30.5 Å². The van der Waals surface area contributed by atoms with E-state index in [1.165, 1.54) is 7.11 Å². The van der Waals surface area contributed by atoms with Gasteiger partial charge in [-0.3, -0.25) is 0 Å². The van der Waals surface area contributed by atoms with E-state index in [4.69, 9.17) is 21.1 Å². The van der Waals surface area contributed by atoms with Crippen LogP contribution in [0.1, 0.15) is 37.6 Å². The van der Waals surface area contributed by atoms with E-state index in [1.54, 1.807) is 35.4 Å². The topological polar surface area (TPSA) is 106 Å². The zero-order valence-electron chi connectivity index (χ0n) is 17.9. The molecule has 1 aromatic heterocycles. The van der Waals surface area contributed by atoms with Crippen molar-refractivity contribution in [2.24, 2.45) is 0 Å². The van der Waals surface area contributed by atoms with Crippen LogP contribution in [-0.4, -0.2) is 58.8 Å². The smallest absolute Gasteiger partial charge is 0.410 e. The van der Waals surface area contributed by atoms with Gasteiger partial charge in [-0.1, -0.05) is 0 Å². The van der Waals surface area contributed by atoms with Gasteiger partial charge in [-0.2, -0.15) is 4.98 Å². The van der Waals surface area contributed by atoms with Crippen LogP contribution in [0.5, 0.6) is 0 Å². The third-order valence-electron chi connectivity index (χ3n) is 4.53. The number of likely N-dealkylation sites (tertiary alicyclic amines) is 1. The van der Waals surface area contributed by atoms with E-state index in [2.05, 4.69) is 20.6 Å². The zero-order valence-corrected chi connectivity index (χ0v) is 18.7. The van der Waals surface area contributed by atoms with Gasteiger partial charge in [0, 0.05) is 24.8 Å². The fourth-order valence-corrected chi connectivity index (χ4v) is 3.22. The molecular formula is C21H26ClN5O4. The number of anilines is 3. The number of benzene rings is 1. The molecule has 0 bridgehead atoms. The molecule has 166 valence electrons. The Bertz CT molecular complexity index is 946. The molecular weight excluding hydrogens is 422 g/mol. The number of amides is 1. The molecule has 1 aliphatic heterocycles. The fraction of sp³-hybridized carbons (Fsp3) is 0.429. The summed E-state index contributed by atoms with van der Waals surface area (Å²) in [4.78, 5) is 33.9. The van der Waals surface area contributed by atoms with Gasteiger partial charge in [0.1, 0.15) is 11.3 Å². The summed E-state index contributed by atoms with van der Waals surface area (Å²) in [5.41, 5.74) is 1.27. The number of rotatable bonds is 5. The first-order valence-corrected chi connectivity index (χ1v) is 10.2. The summed E-state index contributed by atoms with van der Waals surface area (Å²) >= 11 is 6.00. The summed E-state index contributed by atoms with van der Waals surface area (Å²) in [6.07, 6.45) is 1.99. The molecule has 1 saturated heterocycles. The van der Waals surface area contributed by atoms with E-state index >= 15 is 0 Å². The number of ether oxygens (including phenoxy) is 2. The number of hydrogen-bond donors (Lipinski definition) is 2. The van der Waals surface area contributed by atoms with Crippen LogP contribution in [0.4, 0.5) is 22.0 Å². The molecule has 1 atom stereocenters. The van der Waals surface area contributed by atoms with Crippen molar-refractivity contribution in [1.82, 2.24) is 14.9 Å². The fourth-order valence-electron chi connectivity index (χ4n) is 3.09. The number of carbonyl (C=O) groups is 2. The minimum Gasteiger partial charge on any atom is -0.465 e. The lowest BCUT2D eigenvalue weighted by Gasteiger charge is -2.24. The number of hydrogen-bond acceptors (Lipinski definition) is 8. The first-order chi connectivity index (χ1) is 14.6. The van der Waals surface area contributed by atoms with Gasteiger partial charge in [-0.15, -0.1) is 0 Å². The average molecular weight is 448 g/mol. The van der Waals surface area contributed by atoms with Crippen molar-refractivity contribution in [3.63, 3.8) is 0 Å². The van der Waals surface area contributed by atoms with Gasteiger partial charge < -0.3 is 25.0 Å². The number of aromatic nitrogens is 2. The summed E-state index contributed by atoms with van der Waals surface area (Å²) in [6, 6.07) is 6.82. The van der Waals surface area contributed by atoms with Crippen molar-refractivity contribution in [3.8, 4) is 0 Å². The van der Waals surface area contributed by atoms with Crippen molar-refractivity contribution in [1.29, 1.82) is 0 Å². The second-order valence-electron chi connectivity index (χ2n) is 8.15. The standard InChI is InChI=1S/C21H26ClN5O4/c1-21(2,3)31-20(29)27-10-9-15(12-27)25-17-16(11-23-19(22)26-17)24-14-7-5-13(6-8-14)18(28)30-4/h5-8,11,15,24H,9-10,12H2,1-4H3,(H,23,25,26)/t15-/m0/s1. The maximum absolute atomic E-state index is 12.3. The Hall–Kier alpha value is -3.07. The van der Waals surface area contributed by atoms with Gasteiger partial charge in [0.15, 0.2) is 5.82 Å². The highest BCUT2D eigenvalue weighted by Crippen LogP contribution is 2.27. The number of nitrogens with zero attached hydrogens (tertiary/aromatic N) is 3. The molecule has 1 fully saturated rings. The van der Waals surface area contributed by atoms with Crippen molar-refractivity contribution >= 4 is 40.9 Å². The zero-order chi connectivity index (χ0) is 22.6. The van der Waals surface area contributed by atoms with Crippen LogP contribution >= 0.6 is 11.6 Å². The second-order valence-corrected chi connectivity index (χ2v) is 8.49. The molecule has 1 aliphatic rings. The van der Waals surface area contributed by atoms with Crippen LogP contribution in [0.2, 0.25) is 5.28 Å². The summed E-state index contributed by atoms with van der Waals surface area (Å²) in [7, 11) is 1.34. The Labute approximate surface area is 186 Å². The van der Waals surface area contributed by atoms with Crippen LogP contribution in [0, 0.1) is 0 Å². The molecule has 2 N–H and O–H groups in total. The summed E-state index contributed by atoms with van der Waals surface area (Å²) in [5, 5.41) is 6.66. The largest absolute Gasteiger partial charge is 0.465 e. The molecule has 1 amide bonds. The molecule has 0 saturated carbocycles. The van der Waals surface area contributed by atoms with E-state index in [9.17, 15) is 9.59 Å². The predicted octanol–water partition coefficient (Wildman–Crippen LogP) is 4.08. The first kappa shape index (κ1) is 22.6. The van der Waals surface area contributed by atoms with E-state index in [0.29, 0.717) is 30.2 Å². The minimum absolute atomic E-state index is 0.0132. The van der Waals surface area contributed by atoms with Crippen LogP contribution in [-0.2, 0) is 9.47 Å². The van der Waals surface area contributed by atoms with Crippen LogP contribution in [0.3, 0.4) is 0 Å². The summed E-state index contributed by atoms with van der Waals surface area (Å²) < 4.78 is 10.2.